The van der Waals surface area contributed by atoms with Gasteiger partial charge in [0.2, 0.25) is 11.8 Å². The highest BCUT2D eigenvalue weighted by Crippen LogP contribution is 2.59. The van der Waals surface area contributed by atoms with E-state index in [0.717, 1.165) is 46.5 Å². The number of thiazole rings is 1. The molecule has 3 heterocycles. The molecule has 2 unspecified atom stereocenters. The van der Waals surface area contributed by atoms with E-state index in [9.17, 15) is 14.4 Å². The molecule has 5 rings (SSSR count). The summed E-state index contributed by atoms with van der Waals surface area (Å²) in [7, 11) is 0. The number of nitrogens with zero attached hydrogens (tertiary/aromatic N) is 1. The van der Waals surface area contributed by atoms with Gasteiger partial charge in [0, 0.05) is 14.8 Å². The lowest BCUT2D eigenvalue weighted by Gasteiger charge is -2.44. The summed E-state index contributed by atoms with van der Waals surface area (Å²) in [5.74, 6) is -0.675. The first kappa shape index (κ1) is 17.7. The second-order valence-corrected chi connectivity index (χ2v) is 10.4. The Morgan fingerprint density at radius 2 is 1.74 bits per heavy atom. The molecule has 1 aliphatic carbocycles. The smallest absolute Gasteiger partial charge is 0.305 e. The van der Waals surface area contributed by atoms with Crippen molar-refractivity contribution in [2.75, 3.05) is 4.90 Å². The van der Waals surface area contributed by atoms with E-state index in [4.69, 9.17) is 0 Å². The number of amides is 2. The number of nitrogens with one attached hydrogen (secondary N) is 1. The van der Waals surface area contributed by atoms with Crippen LogP contribution in [0, 0.1) is 5.92 Å². The number of fused-ring (bicyclic) bond motifs is 4. The summed E-state index contributed by atoms with van der Waals surface area (Å²) in [5, 5.41) is 0.337. The van der Waals surface area contributed by atoms with E-state index in [1.54, 1.807) is 12.1 Å². The maximum absolute atomic E-state index is 13.5. The maximum atomic E-state index is 13.5. The van der Waals surface area contributed by atoms with Gasteiger partial charge in [0.15, 0.2) is 0 Å². The maximum Gasteiger partial charge on any atom is 0.305 e. The first-order valence-electron chi connectivity index (χ1n) is 9.05. The molecule has 2 aromatic rings. The first-order chi connectivity index (χ1) is 13.0. The number of aromatic amines is 1. The van der Waals surface area contributed by atoms with Crippen molar-refractivity contribution in [1.29, 1.82) is 0 Å². The van der Waals surface area contributed by atoms with Crippen LogP contribution in [-0.2, 0) is 15.0 Å². The van der Waals surface area contributed by atoms with Crippen molar-refractivity contribution in [3.8, 4) is 0 Å². The molecule has 5 nitrogen and oxygen atoms in total. The Morgan fingerprint density at radius 3 is 2.44 bits per heavy atom. The lowest BCUT2D eigenvalue weighted by atomic mass is 9.64. The molecule has 3 aliphatic rings. The van der Waals surface area contributed by atoms with Crippen LogP contribution in [0.25, 0.3) is 0 Å². The Morgan fingerprint density at radius 1 is 1.04 bits per heavy atom. The predicted octanol–water partition coefficient (Wildman–Crippen LogP) is 4.06. The van der Waals surface area contributed by atoms with Crippen LogP contribution in [0.3, 0.4) is 0 Å². The Kier molecular flexibility index (Phi) is 4.14. The van der Waals surface area contributed by atoms with Gasteiger partial charge in [0.05, 0.1) is 16.6 Å². The van der Waals surface area contributed by atoms with E-state index in [1.165, 1.54) is 28.0 Å². The zero-order chi connectivity index (χ0) is 18.8. The van der Waals surface area contributed by atoms with Crippen LogP contribution in [0.2, 0.25) is 0 Å². The van der Waals surface area contributed by atoms with E-state index >= 15 is 0 Å². The summed E-state index contributed by atoms with van der Waals surface area (Å²) in [6.45, 7) is 0. The molecule has 1 saturated heterocycles. The van der Waals surface area contributed by atoms with Crippen LogP contribution in [-0.4, -0.2) is 22.0 Å². The lowest BCUT2D eigenvalue weighted by Crippen LogP contribution is -2.46. The molecular weight excluding hydrogens is 448 g/mol. The van der Waals surface area contributed by atoms with E-state index in [-0.39, 0.29) is 22.1 Å². The van der Waals surface area contributed by atoms with E-state index in [2.05, 4.69) is 20.9 Å². The fourth-order valence-electron chi connectivity index (χ4n) is 4.85. The molecule has 0 radical (unpaired) electrons. The second-order valence-electron chi connectivity index (χ2n) is 7.39. The largest absolute Gasteiger partial charge is 0.307 e. The molecule has 2 aliphatic heterocycles. The molecule has 8 heteroatoms. The third-order valence-corrected chi connectivity index (χ3v) is 9.02. The average molecular weight is 465 g/mol. The molecule has 1 N–H and O–H groups in total. The van der Waals surface area contributed by atoms with Crippen molar-refractivity contribution < 1.29 is 9.59 Å². The second kappa shape index (κ2) is 6.32. The fourth-order valence-corrected chi connectivity index (χ4v) is 7.90. The first-order valence-corrected chi connectivity index (χ1v) is 11.5. The molecule has 1 aromatic heterocycles. The highest BCUT2D eigenvalue weighted by atomic mass is 79.9. The van der Waals surface area contributed by atoms with E-state index < -0.39 is 11.2 Å². The van der Waals surface area contributed by atoms with Crippen molar-refractivity contribution in [3.63, 3.8) is 0 Å². The van der Waals surface area contributed by atoms with Crippen molar-refractivity contribution in [2.45, 2.75) is 47.8 Å². The minimum Gasteiger partial charge on any atom is -0.307 e. The third-order valence-electron chi connectivity index (χ3n) is 5.99. The topological polar surface area (TPSA) is 70.2 Å². The highest BCUT2D eigenvalue weighted by molar-refractivity contribution is 9.10. The number of imide groups is 1. The summed E-state index contributed by atoms with van der Waals surface area (Å²) >= 11 is 5.99. The quantitative estimate of drug-likeness (QED) is 0.645. The number of benzene rings is 1. The van der Waals surface area contributed by atoms with Gasteiger partial charge in [-0.2, -0.15) is 0 Å². The number of thioether (sulfide) groups is 1. The summed E-state index contributed by atoms with van der Waals surface area (Å²) in [4.78, 5) is 44.0. The number of H-pyrrole nitrogens is 1. The molecule has 2 atom stereocenters. The van der Waals surface area contributed by atoms with Crippen molar-refractivity contribution in [2.24, 2.45) is 5.92 Å². The minimum atomic E-state index is -0.461. The van der Waals surface area contributed by atoms with Gasteiger partial charge in [-0.3, -0.25) is 14.4 Å². The molecule has 0 bridgehead atoms. The molecule has 140 valence electrons. The SMILES string of the molecule is O=C1C2Sc3[nH]c(=O)sc3C3(CCCCC3)C2C(=O)N1c1ccc(Br)cc1. The molecule has 2 amide bonds. The normalized spacial score (nSPS) is 26.3. The number of halogens is 1. The lowest BCUT2D eigenvalue weighted by molar-refractivity contribution is -0.123. The van der Waals surface area contributed by atoms with Crippen LogP contribution < -0.4 is 9.77 Å². The zero-order valence-electron chi connectivity index (χ0n) is 14.4. The number of carbonyl (C=O) groups excluding carboxylic acids is 2. The molecule has 1 spiro atoms. The standard InChI is InChI=1S/C19H17BrN2O3S2/c20-10-4-6-11(7-5-10)22-16(23)12-13(17(22)24)26-15-14(27-18(25)21-15)19(12)8-2-1-3-9-19/h4-7,12-13H,1-3,8-9H2,(H,21,25). The van der Waals surface area contributed by atoms with Crippen LogP contribution in [0.5, 0.6) is 0 Å². The highest BCUT2D eigenvalue weighted by Gasteiger charge is 2.62. The molecule has 1 aromatic carbocycles. The minimum absolute atomic E-state index is 0.0953. The van der Waals surface area contributed by atoms with E-state index in [1.807, 2.05) is 12.1 Å². The number of carbonyl (C=O) groups is 2. The third kappa shape index (κ3) is 2.53. The molecular formula is C19H17BrN2O3S2. The van der Waals surface area contributed by atoms with Gasteiger partial charge < -0.3 is 4.98 Å². The van der Waals surface area contributed by atoms with Crippen molar-refractivity contribution in [3.05, 3.63) is 43.3 Å². The van der Waals surface area contributed by atoms with Crippen molar-refractivity contribution in [1.82, 2.24) is 4.98 Å². The van der Waals surface area contributed by atoms with Gasteiger partial charge in [-0.15, -0.1) is 0 Å². The summed E-state index contributed by atoms with van der Waals surface area (Å²) in [5.41, 5.74) is 0.232. The number of anilines is 1. The number of aromatic nitrogens is 1. The summed E-state index contributed by atoms with van der Waals surface area (Å²) in [6, 6.07) is 7.28. The molecule has 27 heavy (non-hydrogen) atoms. The van der Waals surface area contributed by atoms with Gasteiger partial charge >= 0.3 is 4.87 Å². The van der Waals surface area contributed by atoms with Crippen LogP contribution in [0.15, 0.2) is 38.6 Å². The Balaban J connectivity index is 1.64. The summed E-state index contributed by atoms with van der Waals surface area (Å²) in [6.07, 6.45) is 4.92. The van der Waals surface area contributed by atoms with Crippen LogP contribution >= 0.6 is 39.0 Å². The average Bonchev–Trinajstić information content (AvgIpc) is 3.16. The summed E-state index contributed by atoms with van der Waals surface area (Å²) < 4.78 is 0.903. The van der Waals surface area contributed by atoms with Gasteiger partial charge in [-0.1, -0.05) is 58.3 Å². The monoisotopic (exact) mass is 464 g/mol. The van der Waals surface area contributed by atoms with Gasteiger partial charge in [0.25, 0.3) is 0 Å². The van der Waals surface area contributed by atoms with E-state index in [0.29, 0.717) is 5.69 Å². The van der Waals surface area contributed by atoms with Crippen LogP contribution in [0.1, 0.15) is 37.0 Å². The van der Waals surface area contributed by atoms with Gasteiger partial charge in [-0.05, 0) is 37.1 Å². The zero-order valence-corrected chi connectivity index (χ0v) is 17.6. The van der Waals surface area contributed by atoms with Gasteiger partial charge in [-0.25, -0.2) is 4.90 Å². The van der Waals surface area contributed by atoms with Crippen molar-refractivity contribution >= 4 is 56.5 Å². The Hall–Kier alpha value is -1.38. The Bertz CT molecular complexity index is 991. The van der Waals surface area contributed by atoms with Crippen LogP contribution in [0.4, 0.5) is 5.69 Å². The number of rotatable bonds is 1. The van der Waals surface area contributed by atoms with Gasteiger partial charge in [0.1, 0.15) is 5.25 Å². The number of hydrogen-bond donors (Lipinski definition) is 1. The molecule has 2 fully saturated rings. The fraction of sp³-hybridized carbons (Fsp3) is 0.421. The molecule has 1 saturated carbocycles. The Labute approximate surface area is 172 Å². The predicted molar refractivity (Wildman–Crippen MR) is 109 cm³/mol. The number of hydrogen-bond acceptors (Lipinski definition) is 5.